The van der Waals surface area contributed by atoms with E-state index in [1.54, 1.807) is 12.3 Å². The average Bonchev–Trinajstić information content (AvgIpc) is 3.09. The van der Waals surface area contributed by atoms with Gasteiger partial charge in [-0.3, -0.25) is 9.88 Å². The molecule has 4 aliphatic rings. The molecule has 0 N–H and O–H groups in total. The van der Waals surface area contributed by atoms with Gasteiger partial charge >= 0.3 is 5.97 Å². The molecule has 1 saturated heterocycles. The van der Waals surface area contributed by atoms with Crippen LogP contribution in [0.2, 0.25) is 0 Å². The minimum Gasteiger partial charge on any atom is -0.462 e. The molecule has 31 heavy (non-hydrogen) atoms. The van der Waals surface area contributed by atoms with Crippen LogP contribution in [0, 0.1) is 11.8 Å². The fourth-order valence-corrected chi connectivity index (χ4v) is 6.46. The van der Waals surface area contributed by atoms with E-state index in [9.17, 15) is 4.79 Å². The van der Waals surface area contributed by atoms with Crippen molar-refractivity contribution in [3.05, 3.63) is 64.1 Å². The summed E-state index contributed by atoms with van der Waals surface area (Å²) in [5.41, 5.74) is 2.97. The molecule has 6 nitrogen and oxygen atoms in total. The number of likely N-dealkylation sites (tertiary alicyclic amines) is 1. The normalized spacial score (nSPS) is 34.0. The number of esters is 1. The standard InChI is InChI=1S/C24H28BrN3O3/c1-27-13-17-8-21-24(30-3,19-5-4-6-20(27)22(17)19)9-15(12-28(21)2)14-31-23(29)16-7-18(25)11-26-10-16/h4-7,10-11,13,15,20-22H,8-9,12,14H2,1-3H3. The summed E-state index contributed by atoms with van der Waals surface area (Å²) in [7, 11) is 6.17. The molecule has 0 bridgehead atoms. The van der Waals surface area contributed by atoms with Crippen LogP contribution in [0.3, 0.4) is 0 Å². The molecule has 2 aliphatic carbocycles. The summed E-state index contributed by atoms with van der Waals surface area (Å²) >= 11 is 3.36. The Morgan fingerprint density at radius 3 is 2.97 bits per heavy atom. The number of nitrogens with zero attached hydrogens (tertiary/aromatic N) is 3. The topological polar surface area (TPSA) is 54.9 Å². The molecule has 1 saturated carbocycles. The first-order valence-electron chi connectivity index (χ1n) is 10.8. The maximum absolute atomic E-state index is 12.6. The van der Waals surface area contributed by atoms with Crippen LogP contribution < -0.4 is 0 Å². The predicted octanol–water partition coefficient (Wildman–Crippen LogP) is 3.42. The van der Waals surface area contributed by atoms with Crippen LogP contribution >= 0.6 is 15.9 Å². The van der Waals surface area contributed by atoms with E-state index in [4.69, 9.17) is 9.47 Å². The number of pyridine rings is 1. The zero-order valence-electron chi connectivity index (χ0n) is 18.1. The highest BCUT2D eigenvalue weighted by atomic mass is 79.9. The summed E-state index contributed by atoms with van der Waals surface area (Å²) < 4.78 is 12.9. The van der Waals surface area contributed by atoms with Gasteiger partial charge in [0.05, 0.1) is 18.2 Å². The summed E-state index contributed by atoms with van der Waals surface area (Å²) in [4.78, 5) is 21.3. The Labute approximate surface area is 191 Å². The molecule has 5 atom stereocenters. The Morgan fingerprint density at radius 2 is 2.19 bits per heavy atom. The third kappa shape index (κ3) is 3.38. The monoisotopic (exact) mass is 485 g/mol. The minimum absolute atomic E-state index is 0.195. The Hall–Kier alpha value is -1.96. The molecule has 7 heteroatoms. The van der Waals surface area contributed by atoms with Gasteiger partial charge < -0.3 is 14.4 Å². The highest BCUT2D eigenvalue weighted by Gasteiger charge is 2.57. The number of carbonyl (C=O) groups is 1. The first kappa shape index (κ1) is 20.9. The van der Waals surface area contributed by atoms with Crippen LogP contribution in [-0.4, -0.2) is 72.8 Å². The van der Waals surface area contributed by atoms with Gasteiger partial charge in [-0.25, -0.2) is 4.79 Å². The van der Waals surface area contributed by atoms with Crippen LogP contribution in [0.1, 0.15) is 23.2 Å². The smallest absolute Gasteiger partial charge is 0.339 e. The molecule has 3 heterocycles. The number of allylic oxidation sites excluding steroid dienone is 2. The van der Waals surface area contributed by atoms with Gasteiger partial charge in [0, 0.05) is 55.4 Å². The number of ether oxygens (including phenoxy) is 2. The predicted molar refractivity (Wildman–Crippen MR) is 121 cm³/mol. The molecule has 1 aromatic rings. The number of aromatic nitrogens is 1. The van der Waals surface area contributed by atoms with E-state index in [1.165, 1.54) is 17.3 Å². The second-order valence-electron chi connectivity index (χ2n) is 9.16. The van der Waals surface area contributed by atoms with Crippen LogP contribution in [-0.2, 0) is 9.47 Å². The van der Waals surface area contributed by atoms with Gasteiger partial charge in [-0.05, 0) is 59.2 Å². The van der Waals surface area contributed by atoms with E-state index in [2.05, 4.69) is 69.2 Å². The first-order valence-corrected chi connectivity index (χ1v) is 11.6. The van der Waals surface area contributed by atoms with Crippen molar-refractivity contribution in [3.63, 3.8) is 0 Å². The van der Waals surface area contributed by atoms with Crippen molar-refractivity contribution in [2.24, 2.45) is 11.8 Å². The maximum Gasteiger partial charge on any atom is 0.339 e. The Balaban J connectivity index is 1.38. The maximum atomic E-state index is 12.6. The summed E-state index contributed by atoms with van der Waals surface area (Å²) in [6, 6.07) is 2.39. The molecule has 0 aromatic carbocycles. The zero-order chi connectivity index (χ0) is 21.8. The summed E-state index contributed by atoms with van der Waals surface area (Å²) in [5, 5.41) is 0. The van der Waals surface area contributed by atoms with Crippen LogP contribution in [0.25, 0.3) is 0 Å². The van der Waals surface area contributed by atoms with Gasteiger partial charge in [-0.2, -0.15) is 0 Å². The van der Waals surface area contributed by atoms with Crippen molar-refractivity contribution in [2.45, 2.75) is 30.5 Å². The number of piperidine rings is 1. The molecule has 164 valence electrons. The fraction of sp³-hybridized carbons (Fsp3) is 0.500. The second-order valence-corrected chi connectivity index (χ2v) is 10.1. The third-order valence-electron chi connectivity index (χ3n) is 7.38. The lowest BCUT2D eigenvalue weighted by atomic mass is 9.61. The van der Waals surface area contributed by atoms with Crippen molar-refractivity contribution >= 4 is 21.9 Å². The number of fused-ring (bicyclic) bond motifs is 2. The van der Waals surface area contributed by atoms with Gasteiger partial charge in [-0.1, -0.05) is 18.2 Å². The number of carbonyl (C=O) groups excluding carboxylic acids is 1. The summed E-state index contributed by atoms with van der Waals surface area (Å²) in [5.74, 6) is 0.241. The van der Waals surface area contributed by atoms with E-state index in [1.807, 2.05) is 7.11 Å². The number of hydrogen-bond donors (Lipinski definition) is 0. The van der Waals surface area contributed by atoms with Crippen molar-refractivity contribution in [3.8, 4) is 0 Å². The molecule has 0 spiro atoms. The van der Waals surface area contributed by atoms with E-state index in [0.717, 1.165) is 23.9 Å². The lowest BCUT2D eigenvalue weighted by molar-refractivity contribution is -0.111. The van der Waals surface area contributed by atoms with Crippen LogP contribution in [0.15, 0.2) is 58.5 Å². The lowest BCUT2D eigenvalue weighted by Crippen LogP contribution is -2.64. The van der Waals surface area contributed by atoms with Gasteiger partial charge in [0.15, 0.2) is 0 Å². The zero-order valence-corrected chi connectivity index (χ0v) is 19.7. The van der Waals surface area contributed by atoms with Gasteiger partial charge in [0.2, 0.25) is 0 Å². The quantitative estimate of drug-likeness (QED) is 0.609. The first-order chi connectivity index (χ1) is 14.9. The fourth-order valence-electron chi connectivity index (χ4n) is 6.10. The van der Waals surface area contributed by atoms with E-state index < -0.39 is 0 Å². The highest BCUT2D eigenvalue weighted by molar-refractivity contribution is 9.10. The largest absolute Gasteiger partial charge is 0.462 e. The number of methoxy groups -OCH3 is 1. The van der Waals surface area contributed by atoms with E-state index in [-0.39, 0.29) is 23.5 Å². The summed E-state index contributed by atoms with van der Waals surface area (Å²) in [6.45, 7) is 1.24. The number of halogens is 1. The van der Waals surface area contributed by atoms with Gasteiger partial charge in [0.1, 0.15) is 5.60 Å². The summed E-state index contributed by atoms with van der Waals surface area (Å²) in [6.07, 6.45) is 14.1. The van der Waals surface area contributed by atoms with Gasteiger partial charge in [-0.15, -0.1) is 0 Å². The molecule has 0 amide bonds. The third-order valence-corrected chi connectivity index (χ3v) is 7.81. The van der Waals surface area contributed by atoms with E-state index in [0.29, 0.717) is 24.1 Å². The molecular formula is C24H28BrN3O3. The molecule has 2 fully saturated rings. The van der Waals surface area contributed by atoms with Crippen molar-refractivity contribution in [1.82, 2.24) is 14.8 Å². The van der Waals surface area contributed by atoms with Crippen LogP contribution in [0.4, 0.5) is 0 Å². The molecular weight excluding hydrogens is 458 g/mol. The van der Waals surface area contributed by atoms with Gasteiger partial charge in [0.25, 0.3) is 0 Å². The Kier molecular flexibility index (Phi) is 5.31. The van der Waals surface area contributed by atoms with Crippen molar-refractivity contribution in [1.29, 1.82) is 0 Å². The van der Waals surface area contributed by atoms with Crippen molar-refractivity contribution in [2.75, 3.05) is 34.4 Å². The van der Waals surface area contributed by atoms with E-state index >= 15 is 0 Å². The number of likely N-dealkylation sites (N-methyl/N-ethyl adjacent to an activating group) is 2. The number of rotatable bonds is 4. The molecule has 0 radical (unpaired) electrons. The Bertz CT molecular complexity index is 990. The molecule has 1 aromatic heterocycles. The minimum atomic E-state index is -0.363. The van der Waals surface area contributed by atoms with Crippen LogP contribution in [0.5, 0.6) is 0 Å². The molecule has 2 aliphatic heterocycles. The lowest BCUT2D eigenvalue weighted by Gasteiger charge is -2.57. The number of hydrogen-bond acceptors (Lipinski definition) is 6. The SMILES string of the molecule is COC12CC(COC(=O)c3cncc(Br)c3)CN(C)C1CC1=CN(C)C3C=CC=C2C13. The highest BCUT2D eigenvalue weighted by Crippen LogP contribution is 2.54. The molecule has 5 unspecified atom stereocenters. The average molecular weight is 486 g/mol. The second kappa shape index (κ2) is 7.87. The molecule has 5 rings (SSSR count). The van der Waals surface area contributed by atoms with Crippen molar-refractivity contribution < 1.29 is 14.3 Å². The Morgan fingerprint density at radius 1 is 1.35 bits per heavy atom.